The van der Waals surface area contributed by atoms with Crippen LogP contribution in [-0.2, 0) is 16.6 Å². The van der Waals surface area contributed by atoms with Crippen LogP contribution in [0, 0.1) is 12.8 Å². The minimum atomic E-state index is -3.59. The number of aryl methyl sites for hydroxylation is 1. The van der Waals surface area contributed by atoms with Crippen LogP contribution in [-0.4, -0.2) is 41.1 Å². The minimum Gasteiger partial charge on any atom is -0.392 e. The highest BCUT2D eigenvalue weighted by atomic mass is 32.2. The molecule has 1 aromatic heterocycles. The molecule has 0 unspecified atom stereocenters. The minimum absolute atomic E-state index is 0.0218. The number of aromatic nitrogens is 2. The number of piperidine rings is 1. The quantitative estimate of drug-likeness (QED) is 0.861. The lowest BCUT2D eigenvalue weighted by Crippen LogP contribution is -2.39. The summed E-state index contributed by atoms with van der Waals surface area (Å²) < 4.78 is 26.6. The Balaban J connectivity index is 2.15. The third-order valence-electron chi connectivity index (χ3n) is 4.05. The molecule has 0 aliphatic carbocycles. The Labute approximate surface area is 120 Å². The van der Waals surface area contributed by atoms with E-state index in [9.17, 15) is 13.5 Å². The second-order valence-electron chi connectivity index (χ2n) is 5.43. The molecule has 114 valence electrons. The lowest BCUT2D eigenvalue weighted by Gasteiger charge is -2.30. The first-order valence-corrected chi connectivity index (χ1v) is 8.59. The van der Waals surface area contributed by atoms with Crippen molar-refractivity contribution in [1.29, 1.82) is 0 Å². The third-order valence-corrected chi connectivity index (χ3v) is 5.92. The number of rotatable bonds is 5. The van der Waals surface area contributed by atoms with Crippen molar-refractivity contribution in [2.45, 2.75) is 51.2 Å². The fourth-order valence-electron chi connectivity index (χ4n) is 2.80. The molecule has 2 N–H and O–H groups in total. The van der Waals surface area contributed by atoms with Gasteiger partial charge in [-0.1, -0.05) is 19.8 Å². The largest absolute Gasteiger partial charge is 0.392 e. The number of sulfonamides is 1. The first kappa shape index (κ1) is 15.5. The Morgan fingerprint density at radius 2 is 2.05 bits per heavy atom. The van der Waals surface area contributed by atoms with E-state index in [0.29, 0.717) is 30.3 Å². The van der Waals surface area contributed by atoms with Gasteiger partial charge in [0.2, 0.25) is 0 Å². The van der Waals surface area contributed by atoms with Crippen LogP contribution in [0.5, 0.6) is 0 Å². The van der Waals surface area contributed by atoms with Crippen molar-refractivity contribution >= 4 is 10.0 Å². The normalized spacial score (nSPS) is 18.6. The summed E-state index contributed by atoms with van der Waals surface area (Å²) in [5, 5.41) is 15.8. The van der Waals surface area contributed by atoms with Crippen LogP contribution >= 0.6 is 0 Å². The average Bonchev–Trinajstić information content (AvgIpc) is 2.81. The number of hydrogen-bond donors (Lipinski definition) is 2. The molecule has 0 spiro atoms. The van der Waals surface area contributed by atoms with Crippen LogP contribution in [0.3, 0.4) is 0 Å². The van der Waals surface area contributed by atoms with E-state index in [4.69, 9.17) is 0 Å². The van der Waals surface area contributed by atoms with E-state index in [2.05, 4.69) is 17.1 Å². The van der Waals surface area contributed by atoms with Crippen LogP contribution in [0.2, 0.25) is 0 Å². The number of aliphatic hydroxyl groups excluding tert-OH is 1. The highest BCUT2D eigenvalue weighted by molar-refractivity contribution is 7.89. The highest BCUT2D eigenvalue weighted by Crippen LogP contribution is 2.27. The van der Waals surface area contributed by atoms with Gasteiger partial charge < -0.3 is 5.11 Å². The Bertz CT molecular complexity index is 545. The van der Waals surface area contributed by atoms with Crippen molar-refractivity contribution in [3.63, 3.8) is 0 Å². The summed E-state index contributed by atoms with van der Waals surface area (Å²) in [6.07, 6.45) is 4.12. The van der Waals surface area contributed by atoms with E-state index in [-0.39, 0.29) is 11.6 Å². The van der Waals surface area contributed by atoms with Gasteiger partial charge in [-0.2, -0.15) is 9.40 Å². The molecule has 0 saturated carbocycles. The first-order chi connectivity index (χ1) is 9.50. The van der Waals surface area contributed by atoms with Gasteiger partial charge in [-0.25, -0.2) is 8.42 Å². The third kappa shape index (κ3) is 2.89. The second kappa shape index (κ2) is 6.24. The molecule has 1 fully saturated rings. The van der Waals surface area contributed by atoms with Crippen molar-refractivity contribution in [3.05, 3.63) is 11.3 Å². The van der Waals surface area contributed by atoms with Gasteiger partial charge in [-0.15, -0.1) is 0 Å². The molecule has 0 aromatic carbocycles. The van der Waals surface area contributed by atoms with E-state index in [1.54, 1.807) is 6.92 Å². The molecule has 0 bridgehead atoms. The van der Waals surface area contributed by atoms with E-state index in [0.717, 1.165) is 25.7 Å². The fraction of sp³-hybridized carbons (Fsp3) is 0.769. The number of aromatic amines is 1. The SMILES string of the molecule is CCCC1CCN(S(=O)(=O)c2n[nH]c(C)c2CO)CC1. The van der Waals surface area contributed by atoms with Gasteiger partial charge >= 0.3 is 0 Å². The molecule has 1 saturated heterocycles. The Hall–Kier alpha value is -0.920. The fourth-order valence-corrected chi connectivity index (χ4v) is 4.42. The summed E-state index contributed by atoms with van der Waals surface area (Å²) >= 11 is 0. The standard InChI is InChI=1S/C13H23N3O3S/c1-3-4-11-5-7-16(8-6-11)20(18,19)13-12(9-17)10(2)14-15-13/h11,17H,3-9H2,1-2H3,(H,14,15). The summed E-state index contributed by atoms with van der Waals surface area (Å²) in [5.74, 6) is 0.629. The van der Waals surface area contributed by atoms with Gasteiger partial charge in [-0.3, -0.25) is 5.10 Å². The smallest absolute Gasteiger partial charge is 0.262 e. The average molecular weight is 301 g/mol. The van der Waals surface area contributed by atoms with Gasteiger partial charge in [0.25, 0.3) is 10.0 Å². The molecule has 1 aliphatic heterocycles. The summed E-state index contributed by atoms with van der Waals surface area (Å²) in [6.45, 7) is 4.64. The van der Waals surface area contributed by atoms with Gasteiger partial charge in [0.05, 0.1) is 6.61 Å². The number of aliphatic hydroxyl groups is 1. The Kier molecular flexibility index (Phi) is 4.82. The molecule has 0 atom stereocenters. The molecule has 0 amide bonds. The summed E-state index contributed by atoms with van der Waals surface area (Å²) in [6, 6.07) is 0. The molecule has 7 heteroatoms. The van der Waals surface area contributed by atoms with Crippen LogP contribution in [0.15, 0.2) is 5.03 Å². The van der Waals surface area contributed by atoms with Crippen molar-refractivity contribution in [2.75, 3.05) is 13.1 Å². The molecule has 2 rings (SSSR count). The molecule has 2 heterocycles. The number of nitrogens with zero attached hydrogens (tertiary/aromatic N) is 2. The predicted molar refractivity (Wildman–Crippen MR) is 75.6 cm³/mol. The predicted octanol–water partition coefficient (Wildman–Crippen LogP) is 1.41. The van der Waals surface area contributed by atoms with Crippen LogP contribution in [0.1, 0.15) is 43.9 Å². The van der Waals surface area contributed by atoms with Crippen LogP contribution in [0.4, 0.5) is 0 Å². The van der Waals surface area contributed by atoms with Crippen LogP contribution in [0.25, 0.3) is 0 Å². The van der Waals surface area contributed by atoms with E-state index in [1.807, 2.05) is 0 Å². The monoisotopic (exact) mass is 301 g/mol. The van der Waals surface area contributed by atoms with Crippen molar-refractivity contribution in [2.24, 2.45) is 5.92 Å². The van der Waals surface area contributed by atoms with Crippen molar-refractivity contribution in [3.8, 4) is 0 Å². The zero-order valence-electron chi connectivity index (χ0n) is 12.1. The topological polar surface area (TPSA) is 86.3 Å². The summed E-state index contributed by atoms with van der Waals surface area (Å²) in [5.41, 5.74) is 0.979. The number of hydrogen-bond acceptors (Lipinski definition) is 4. The molecule has 1 aliphatic rings. The molecule has 6 nitrogen and oxygen atoms in total. The number of nitrogens with one attached hydrogen (secondary N) is 1. The van der Waals surface area contributed by atoms with Crippen LogP contribution < -0.4 is 0 Å². The Morgan fingerprint density at radius 3 is 2.60 bits per heavy atom. The van der Waals surface area contributed by atoms with E-state index >= 15 is 0 Å². The summed E-state index contributed by atoms with van der Waals surface area (Å²) in [4.78, 5) is 0. The maximum atomic E-state index is 12.6. The molecule has 0 radical (unpaired) electrons. The molecule has 1 aromatic rings. The van der Waals surface area contributed by atoms with Crippen molar-refractivity contribution < 1.29 is 13.5 Å². The maximum Gasteiger partial charge on any atom is 0.262 e. The second-order valence-corrected chi connectivity index (χ2v) is 7.28. The molecular formula is C13H23N3O3S. The highest BCUT2D eigenvalue weighted by Gasteiger charge is 2.33. The first-order valence-electron chi connectivity index (χ1n) is 7.15. The van der Waals surface area contributed by atoms with Gasteiger partial charge in [-0.05, 0) is 25.7 Å². The van der Waals surface area contributed by atoms with Crippen molar-refractivity contribution in [1.82, 2.24) is 14.5 Å². The molecule has 20 heavy (non-hydrogen) atoms. The zero-order valence-corrected chi connectivity index (χ0v) is 12.9. The number of H-pyrrole nitrogens is 1. The van der Waals surface area contributed by atoms with Gasteiger partial charge in [0.15, 0.2) is 5.03 Å². The zero-order chi connectivity index (χ0) is 14.8. The van der Waals surface area contributed by atoms with E-state index < -0.39 is 10.0 Å². The molecular weight excluding hydrogens is 278 g/mol. The lowest BCUT2D eigenvalue weighted by atomic mass is 9.94. The van der Waals surface area contributed by atoms with E-state index in [1.165, 1.54) is 4.31 Å². The maximum absolute atomic E-state index is 12.6. The van der Waals surface area contributed by atoms with Gasteiger partial charge in [0, 0.05) is 24.3 Å². The Morgan fingerprint density at radius 1 is 1.40 bits per heavy atom. The summed E-state index contributed by atoms with van der Waals surface area (Å²) in [7, 11) is -3.59. The lowest BCUT2D eigenvalue weighted by molar-refractivity contribution is 0.259. The van der Waals surface area contributed by atoms with Gasteiger partial charge in [0.1, 0.15) is 0 Å².